The van der Waals surface area contributed by atoms with Crippen LogP contribution in [-0.4, -0.2) is 44.9 Å². The fourth-order valence-electron chi connectivity index (χ4n) is 3.16. The number of aliphatic hydroxyl groups is 1. The van der Waals surface area contributed by atoms with Crippen molar-refractivity contribution in [2.45, 2.75) is 17.4 Å². The Labute approximate surface area is 203 Å². The van der Waals surface area contributed by atoms with Crippen molar-refractivity contribution in [2.75, 3.05) is 19.5 Å². The van der Waals surface area contributed by atoms with E-state index in [1.807, 2.05) is 24.3 Å². The van der Waals surface area contributed by atoms with E-state index in [0.717, 1.165) is 16.7 Å². The van der Waals surface area contributed by atoms with E-state index in [4.69, 9.17) is 27.9 Å². The molecule has 3 aromatic carbocycles. The van der Waals surface area contributed by atoms with Crippen molar-refractivity contribution in [1.29, 1.82) is 0 Å². The van der Waals surface area contributed by atoms with Crippen LogP contribution >= 0.6 is 23.2 Å². The molecule has 0 heterocycles. The van der Waals surface area contributed by atoms with Crippen LogP contribution in [0.2, 0.25) is 10.0 Å². The molecule has 0 spiro atoms. The molecule has 9 heteroatoms. The van der Waals surface area contributed by atoms with Crippen LogP contribution in [0.15, 0.2) is 71.6 Å². The number of sulfone groups is 1. The highest BCUT2D eigenvalue weighted by atomic mass is 35.5. The zero-order valence-corrected chi connectivity index (χ0v) is 20.1. The predicted molar refractivity (Wildman–Crippen MR) is 130 cm³/mol. The maximum absolute atomic E-state index is 12.2. The summed E-state index contributed by atoms with van der Waals surface area (Å²) in [5.74, 6) is 0.0444. The average Bonchev–Trinajstić information content (AvgIpc) is 2.79. The van der Waals surface area contributed by atoms with Crippen LogP contribution in [0.1, 0.15) is 5.56 Å². The van der Waals surface area contributed by atoms with Crippen molar-refractivity contribution in [1.82, 2.24) is 5.32 Å². The van der Waals surface area contributed by atoms with Gasteiger partial charge in [0.15, 0.2) is 16.4 Å². The van der Waals surface area contributed by atoms with Gasteiger partial charge >= 0.3 is 0 Å². The number of hydrogen-bond acceptors (Lipinski definition) is 5. The summed E-state index contributed by atoms with van der Waals surface area (Å²) in [5.41, 5.74) is 2.75. The summed E-state index contributed by atoms with van der Waals surface area (Å²) in [7, 11) is -3.24. The van der Waals surface area contributed by atoms with Gasteiger partial charge in [-0.05, 0) is 47.4 Å². The minimum Gasteiger partial charge on any atom is -0.484 e. The van der Waals surface area contributed by atoms with Crippen LogP contribution in [-0.2, 0) is 21.1 Å². The predicted octanol–water partition coefficient (Wildman–Crippen LogP) is 4.16. The van der Waals surface area contributed by atoms with Gasteiger partial charge in [0, 0.05) is 12.3 Å². The molecule has 6 nitrogen and oxygen atoms in total. The molecule has 174 valence electrons. The molecule has 33 heavy (non-hydrogen) atoms. The second-order valence-corrected chi connectivity index (χ2v) is 10.3. The Morgan fingerprint density at radius 1 is 0.970 bits per heavy atom. The number of halogens is 2. The molecule has 0 fully saturated rings. The molecule has 1 atom stereocenters. The number of ether oxygens (including phenoxy) is 1. The van der Waals surface area contributed by atoms with Gasteiger partial charge in [-0.25, -0.2) is 8.42 Å². The zero-order valence-electron chi connectivity index (χ0n) is 17.8. The van der Waals surface area contributed by atoms with Gasteiger partial charge in [-0.15, -0.1) is 0 Å². The molecule has 3 rings (SSSR count). The standard InChI is InChI=1S/C24H23Cl2NO5S/c1-33(30,31)21-9-6-18(7-10-21)17-4-2-16(3-5-17)12-19(14-28)27-24(29)15-32-20-8-11-22(25)23(26)13-20/h2-11,13,19,28H,12,14-15H2,1H3,(H,27,29)/t19-/m0/s1. The topological polar surface area (TPSA) is 92.7 Å². The van der Waals surface area contributed by atoms with E-state index in [0.29, 0.717) is 22.2 Å². The van der Waals surface area contributed by atoms with Crippen LogP contribution in [0, 0.1) is 0 Å². The van der Waals surface area contributed by atoms with Gasteiger partial charge < -0.3 is 15.2 Å². The Bertz CT molecular complexity index is 1210. The van der Waals surface area contributed by atoms with Gasteiger partial charge in [-0.2, -0.15) is 0 Å². The van der Waals surface area contributed by atoms with E-state index in [1.54, 1.807) is 36.4 Å². The number of amides is 1. The summed E-state index contributed by atoms with van der Waals surface area (Å²) in [6.07, 6.45) is 1.61. The molecule has 0 unspecified atom stereocenters. The molecule has 2 N–H and O–H groups in total. The molecule has 0 bridgehead atoms. The minimum atomic E-state index is -3.24. The normalized spacial score (nSPS) is 12.2. The van der Waals surface area contributed by atoms with Crippen molar-refractivity contribution in [3.63, 3.8) is 0 Å². The summed E-state index contributed by atoms with van der Waals surface area (Å²) in [4.78, 5) is 12.5. The van der Waals surface area contributed by atoms with Gasteiger partial charge in [0.05, 0.1) is 27.6 Å². The van der Waals surface area contributed by atoms with E-state index < -0.39 is 15.9 Å². The van der Waals surface area contributed by atoms with E-state index in [1.165, 1.54) is 12.3 Å². The number of carbonyl (C=O) groups is 1. The Balaban J connectivity index is 1.56. The fraction of sp³-hybridized carbons (Fsp3) is 0.208. The van der Waals surface area contributed by atoms with Gasteiger partial charge in [-0.3, -0.25) is 4.79 Å². The molecular formula is C24H23Cl2NO5S. The van der Waals surface area contributed by atoms with Crippen LogP contribution in [0.25, 0.3) is 11.1 Å². The summed E-state index contributed by atoms with van der Waals surface area (Å²) < 4.78 is 28.6. The zero-order chi connectivity index (χ0) is 24.0. The lowest BCUT2D eigenvalue weighted by molar-refractivity contribution is -0.124. The summed E-state index contributed by atoms with van der Waals surface area (Å²) in [6, 6.07) is 18.5. The Morgan fingerprint density at radius 2 is 1.58 bits per heavy atom. The first-order valence-electron chi connectivity index (χ1n) is 10.0. The summed E-state index contributed by atoms with van der Waals surface area (Å²) >= 11 is 11.8. The summed E-state index contributed by atoms with van der Waals surface area (Å²) in [6.45, 7) is -0.454. The first-order valence-corrected chi connectivity index (χ1v) is 12.7. The van der Waals surface area contributed by atoms with Crippen molar-refractivity contribution < 1.29 is 23.1 Å². The van der Waals surface area contributed by atoms with E-state index in [9.17, 15) is 18.3 Å². The van der Waals surface area contributed by atoms with Crippen LogP contribution in [0.5, 0.6) is 5.75 Å². The third-order valence-electron chi connectivity index (χ3n) is 4.90. The maximum atomic E-state index is 12.2. The van der Waals surface area contributed by atoms with Crippen molar-refractivity contribution in [3.05, 3.63) is 82.3 Å². The number of carbonyl (C=O) groups excluding carboxylic acids is 1. The van der Waals surface area contributed by atoms with Gasteiger partial charge in [0.1, 0.15) is 5.75 Å². The second-order valence-electron chi connectivity index (χ2n) is 7.51. The SMILES string of the molecule is CS(=O)(=O)c1ccc(-c2ccc(C[C@@H](CO)NC(=O)COc3ccc(Cl)c(Cl)c3)cc2)cc1. The van der Waals surface area contributed by atoms with E-state index in [-0.39, 0.29) is 24.0 Å². The highest BCUT2D eigenvalue weighted by molar-refractivity contribution is 7.90. The molecule has 0 radical (unpaired) electrons. The van der Waals surface area contributed by atoms with Crippen LogP contribution < -0.4 is 10.1 Å². The first-order chi connectivity index (χ1) is 15.7. The molecule has 0 aliphatic heterocycles. The minimum absolute atomic E-state index is 0.225. The maximum Gasteiger partial charge on any atom is 0.258 e. The van der Waals surface area contributed by atoms with Crippen LogP contribution in [0.4, 0.5) is 0 Å². The lowest BCUT2D eigenvalue weighted by atomic mass is 10.0. The van der Waals surface area contributed by atoms with Crippen molar-refractivity contribution >= 4 is 38.9 Å². The molecule has 0 saturated heterocycles. The Kier molecular flexibility index (Phi) is 8.37. The smallest absolute Gasteiger partial charge is 0.258 e. The molecular weight excluding hydrogens is 485 g/mol. The molecule has 0 aliphatic rings. The molecule has 0 aromatic heterocycles. The number of nitrogens with one attached hydrogen (secondary N) is 1. The van der Waals surface area contributed by atoms with E-state index in [2.05, 4.69) is 5.32 Å². The Morgan fingerprint density at radius 3 is 2.12 bits per heavy atom. The third-order valence-corrected chi connectivity index (χ3v) is 6.77. The van der Waals surface area contributed by atoms with E-state index >= 15 is 0 Å². The first kappa shape index (κ1) is 25.1. The lowest BCUT2D eigenvalue weighted by Gasteiger charge is -2.17. The van der Waals surface area contributed by atoms with Gasteiger partial charge in [0.2, 0.25) is 0 Å². The van der Waals surface area contributed by atoms with Crippen LogP contribution in [0.3, 0.4) is 0 Å². The van der Waals surface area contributed by atoms with Crippen molar-refractivity contribution in [2.24, 2.45) is 0 Å². The quantitative estimate of drug-likeness (QED) is 0.453. The molecule has 3 aromatic rings. The highest BCUT2D eigenvalue weighted by Gasteiger charge is 2.14. The number of hydrogen-bond donors (Lipinski definition) is 2. The second kappa shape index (κ2) is 11.0. The monoisotopic (exact) mass is 507 g/mol. The lowest BCUT2D eigenvalue weighted by Crippen LogP contribution is -2.41. The fourth-order valence-corrected chi connectivity index (χ4v) is 4.08. The molecule has 0 aliphatic carbocycles. The average molecular weight is 508 g/mol. The highest BCUT2D eigenvalue weighted by Crippen LogP contribution is 2.26. The van der Waals surface area contributed by atoms with Gasteiger partial charge in [-0.1, -0.05) is 59.6 Å². The number of aliphatic hydroxyl groups excluding tert-OH is 1. The third kappa shape index (κ3) is 7.20. The molecule has 0 saturated carbocycles. The van der Waals surface area contributed by atoms with Gasteiger partial charge in [0.25, 0.3) is 5.91 Å². The Hall–Kier alpha value is -2.58. The summed E-state index contributed by atoms with van der Waals surface area (Å²) in [5, 5.41) is 13.1. The number of rotatable bonds is 9. The molecule has 1 amide bonds. The number of benzene rings is 3. The largest absolute Gasteiger partial charge is 0.484 e. The van der Waals surface area contributed by atoms with Crippen molar-refractivity contribution in [3.8, 4) is 16.9 Å².